The summed E-state index contributed by atoms with van der Waals surface area (Å²) in [6, 6.07) is 0. The van der Waals surface area contributed by atoms with Gasteiger partial charge in [-0.1, -0.05) is 28.9 Å². The number of rotatable bonds is 11. The predicted octanol–water partition coefficient (Wildman–Crippen LogP) is 4.83. The summed E-state index contributed by atoms with van der Waals surface area (Å²) >= 11 is 0. The molecule has 1 rings (SSSR count). The van der Waals surface area contributed by atoms with Crippen molar-refractivity contribution in [2.24, 2.45) is 5.92 Å². The lowest BCUT2D eigenvalue weighted by molar-refractivity contribution is -0.147. The summed E-state index contributed by atoms with van der Waals surface area (Å²) in [6.45, 7) is 16.3. The minimum atomic E-state index is -0.0556. The van der Waals surface area contributed by atoms with Crippen molar-refractivity contribution in [3.63, 3.8) is 0 Å². The number of piperazine rings is 1. The van der Waals surface area contributed by atoms with E-state index >= 15 is 0 Å². The molecule has 0 aliphatic carbocycles. The van der Waals surface area contributed by atoms with Crippen molar-refractivity contribution in [2.75, 3.05) is 46.4 Å². The molecule has 0 spiro atoms. The third kappa shape index (κ3) is 11.5. The summed E-state index contributed by atoms with van der Waals surface area (Å²) in [7, 11) is 2.17. The zero-order valence-electron chi connectivity index (χ0n) is 19.1. The van der Waals surface area contributed by atoms with Gasteiger partial charge in [0, 0.05) is 26.2 Å². The highest BCUT2D eigenvalue weighted by Crippen LogP contribution is 2.16. The molecular formula is C24H42N2O2. The van der Waals surface area contributed by atoms with E-state index in [0.29, 0.717) is 6.61 Å². The van der Waals surface area contributed by atoms with E-state index in [4.69, 9.17) is 4.74 Å². The van der Waals surface area contributed by atoms with Gasteiger partial charge in [0.15, 0.2) is 0 Å². The van der Waals surface area contributed by atoms with Gasteiger partial charge in [0.2, 0.25) is 0 Å². The van der Waals surface area contributed by atoms with Gasteiger partial charge in [-0.2, -0.15) is 0 Å². The number of ether oxygens (including phenoxy) is 1. The van der Waals surface area contributed by atoms with Crippen LogP contribution in [0.15, 0.2) is 34.9 Å². The molecule has 1 aliphatic rings. The second-order valence-corrected chi connectivity index (χ2v) is 8.65. The molecule has 0 amide bonds. The molecular weight excluding hydrogens is 348 g/mol. The zero-order valence-corrected chi connectivity index (χ0v) is 19.1. The number of carbonyl (C=O) groups is 1. The standard InChI is InChI=1S/C24H42N2O2/c1-20(2)8-7-9-22(5)13-19-28-24(27)23(11-10-21(3)4)12-14-26-17-15-25(6)16-18-26/h8,10,13,23H,7,9,11-12,14-19H2,1-6H3/b22-13+. The molecule has 1 heterocycles. The van der Waals surface area contributed by atoms with E-state index in [1.807, 2.05) is 0 Å². The van der Waals surface area contributed by atoms with Crippen LogP contribution < -0.4 is 0 Å². The summed E-state index contributed by atoms with van der Waals surface area (Å²) in [6.07, 6.45) is 10.2. The first kappa shape index (κ1) is 24.6. The van der Waals surface area contributed by atoms with Crippen molar-refractivity contribution in [2.45, 2.75) is 60.3 Å². The maximum Gasteiger partial charge on any atom is 0.309 e. The Labute approximate surface area is 173 Å². The Hall–Kier alpha value is -1.39. The molecule has 0 aromatic heterocycles. The van der Waals surface area contributed by atoms with Gasteiger partial charge >= 0.3 is 5.97 Å². The Morgan fingerprint density at radius 1 is 0.964 bits per heavy atom. The van der Waals surface area contributed by atoms with E-state index in [0.717, 1.165) is 58.4 Å². The molecule has 0 aromatic rings. The number of hydrogen-bond acceptors (Lipinski definition) is 4. The van der Waals surface area contributed by atoms with E-state index in [-0.39, 0.29) is 11.9 Å². The predicted molar refractivity (Wildman–Crippen MR) is 119 cm³/mol. The largest absolute Gasteiger partial charge is 0.461 e. The van der Waals surface area contributed by atoms with E-state index in [9.17, 15) is 4.79 Å². The van der Waals surface area contributed by atoms with Gasteiger partial charge < -0.3 is 14.5 Å². The maximum atomic E-state index is 12.6. The van der Waals surface area contributed by atoms with Crippen molar-refractivity contribution in [3.05, 3.63) is 34.9 Å². The van der Waals surface area contributed by atoms with Crippen LogP contribution in [0.2, 0.25) is 0 Å². The molecule has 4 heteroatoms. The Bertz CT molecular complexity index is 547. The quantitative estimate of drug-likeness (QED) is 0.374. The molecule has 160 valence electrons. The molecule has 4 nitrogen and oxygen atoms in total. The fourth-order valence-electron chi connectivity index (χ4n) is 3.19. The fourth-order valence-corrected chi connectivity index (χ4v) is 3.19. The Balaban J connectivity index is 2.47. The second kappa shape index (κ2) is 13.7. The molecule has 0 N–H and O–H groups in total. The minimum Gasteiger partial charge on any atom is -0.461 e. The van der Waals surface area contributed by atoms with Gasteiger partial charge in [-0.15, -0.1) is 0 Å². The number of hydrogen-bond donors (Lipinski definition) is 0. The lowest BCUT2D eigenvalue weighted by Gasteiger charge is -2.32. The second-order valence-electron chi connectivity index (χ2n) is 8.65. The minimum absolute atomic E-state index is 0.0473. The summed E-state index contributed by atoms with van der Waals surface area (Å²) in [5.74, 6) is -0.103. The van der Waals surface area contributed by atoms with Gasteiger partial charge in [0.25, 0.3) is 0 Å². The van der Waals surface area contributed by atoms with E-state index in [1.165, 1.54) is 16.7 Å². The van der Waals surface area contributed by atoms with Crippen molar-refractivity contribution in [1.82, 2.24) is 9.80 Å². The molecule has 0 radical (unpaired) electrons. The molecule has 0 aromatic carbocycles. The number of esters is 1. The Morgan fingerprint density at radius 2 is 1.61 bits per heavy atom. The number of likely N-dealkylation sites (N-methyl/N-ethyl adjacent to an activating group) is 1. The van der Waals surface area contributed by atoms with Crippen LogP contribution in [-0.2, 0) is 9.53 Å². The first-order valence-corrected chi connectivity index (χ1v) is 10.8. The zero-order chi connectivity index (χ0) is 20.9. The lowest BCUT2D eigenvalue weighted by atomic mass is 9.99. The average molecular weight is 391 g/mol. The molecule has 1 saturated heterocycles. The van der Waals surface area contributed by atoms with E-state index < -0.39 is 0 Å². The average Bonchev–Trinajstić information content (AvgIpc) is 2.62. The first-order valence-electron chi connectivity index (χ1n) is 10.8. The van der Waals surface area contributed by atoms with Crippen LogP contribution in [-0.4, -0.2) is 62.1 Å². The maximum absolute atomic E-state index is 12.6. The van der Waals surface area contributed by atoms with Crippen molar-refractivity contribution in [1.29, 1.82) is 0 Å². The van der Waals surface area contributed by atoms with Crippen LogP contribution in [0, 0.1) is 5.92 Å². The molecule has 28 heavy (non-hydrogen) atoms. The van der Waals surface area contributed by atoms with Crippen LogP contribution in [0.5, 0.6) is 0 Å². The molecule has 0 bridgehead atoms. The van der Waals surface area contributed by atoms with Crippen molar-refractivity contribution in [3.8, 4) is 0 Å². The molecule has 1 fully saturated rings. The molecule has 0 saturated carbocycles. The molecule has 1 unspecified atom stereocenters. The third-order valence-corrected chi connectivity index (χ3v) is 5.28. The van der Waals surface area contributed by atoms with Crippen LogP contribution in [0.25, 0.3) is 0 Å². The number of carbonyl (C=O) groups excluding carboxylic acids is 1. The van der Waals surface area contributed by atoms with Crippen LogP contribution in [0.3, 0.4) is 0 Å². The fraction of sp³-hybridized carbons (Fsp3) is 0.708. The number of allylic oxidation sites excluding steroid dienone is 5. The van der Waals surface area contributed by atoms with Gasteiger partial charge in [0.05, 0.1) is 5.92 Å². The Morgan fingerprint density at radius 3 is 2.21 bits per heavy atom. The smallest absolute Gasteiger partial charge is 0.309 e. The highest BCUT2D eigenvalue weighted by Gasteiger charge is 2.21. The highest BCUT2D eigenvalue weighted by atomic mass is 16.5. The van der Waals surface area contributed by atoms with Gasteiger partial charge in [0.1, 0.15) is 6.61 Å². The van der Waals surface area contributed by atoms with E-state index in [2.05, 4.69) is 69.7 Å². The Kier molecular flexibility index (Phi) is 12.1. The summed E-state index contributed by atoms with van der Waals surface area (Å²) in [5.41, 5.74) is 3.89. The SMILES string of the molecule is CC(C)=CCC/C(C)=C/COC(=O)C(CC=C(C)C)CCN1CCN(C)CC1. The topological polar surface area (TPSA) is 32.8 Å². The molecule has 1 atom stereocenters. The monoisotopic (exact) mass is 390 g/mol. The summed E-state index contributed by atoms with van der Waals surface area (Å²) in [5, 5.41) is 0. The van der Waals surface area contributed by atoms with Crippen molar-refractivity contribution >= 4 is 5.97 Å². The first-order chi connectivity index (χ1) is 13.3. The molecule has 1 aliphatic heterocycles. The van der Waals surface area contributed by atoms with Crippen LogP contribution >= 0.6 is 0 Å². The normalized spacial score (nSPS) is 17.1. The lowest BCUT2D eigenvalue weighted by Crippen LogP contribution is -2.45. The highest BCUT2D eigenvalue weighted by molar-refractivity contribution is 5.72. The third-order valence-electron chi connectivity index (χ3n) is 5.28. The summed E-state index contributed by atoms with van der Waals surface area (Å²) in [4.78, 5) is 17.5. The summed E-state index contributed by atoms with van der Waals surface area (Å²) < 4.78 is 5.60. The number of nitrogens with zero attached hydrogens (tertiary/aromatic N) is 2. The van der Waals surface area contributed by atoms with Gasteiger partial charge in [-0.25, -0.2) is 0 Å². The van der Waals surface area contributed by atoms with Gasteiger partial charge in [-0.05, 0) is 80.0 Å². The van der Waals surface area contributed by atoms with Crippen LogP contribution in [0.1, 0.15) is 60.3 Å². The van der Waals surface area contributed by atoms with Gasteiger partial charge in [-0.3, -0.25) is 4.79 Å². The van der Waals surface area contributed by atoms with Crippen molar-refractivity contribution < 1.29 is 9.53 Å². The van der Waals surface area contributed by atoms with Crippen LogP contribution in [0.4, 0.5) is 0 Å². The van der Waals surface area contributed by atoms with E-state index in [1.54, 1.807) is 0 Å².